The van der Waals surface area contributed by atoms with Crippen molar-refractivity contribution < 1.29 is 9.59 Å². The van der Waals surface area contributed by atoms with E-state index in [1.807, 2.05) is 70.6 Å². The summed E-state index contributed by atoms with van der Waals surface area (Å²) in [7, 11) is 0. The van der Waals surface area contributed by atoms with E-state index in [-0.39, 0.29) is 10.2 Å². The second-order valence-electron chi connectivity index (χ2n) is 6.43. The zero-order valence-corrected chi connectivity index (χ0v) is 23.2. The van der Waals surface area contributed by atoms with Crippen molar-refractivity contribution in [2.75, 3.05) is 28.1 Å². The molecule has 0 aromatic carbocycles. The van der Waals surface area contributed by atoms with E-state index in [1.165, 1.54) is 47.2 Å². The molecule has 2 heterocycles. The lowest BCUT2D eigenvalue weighted by atomic mass is 10.4. The van der Waals surface area contributed by atoms with E-state index in [2.05, 4.69) is 27.0 Å². The van der Waals surface area contributed by atoms with Crippen LogP contribution >= 0.6 is 94.1 Å². The number of thioether (sulfide) groups is 8. The number of carbonyl (C=O) groups excluding carboxylic acids is 2. The fourth-order valence-electron chi connectivity index (χ4n) is 2.58. The maximum Gasteiger partial charge on any atom is 0.211 e. The molecule has 0 spiro atoms. The fraction of sp³-hybridized carbons (Fsp3) is 0.684. The van der Waals surface area contributed by atoms with E-state index < -0.39 is 0 Å². The van der Waals surface area contributed by atoms with Gasteiger partial charge in [-0.2, -0.15) is 0 Å². The summed E-state index contributed by atoms with van der Waals surface area (Å²) < 4.78 is 1.29. The number of rotatable bonds is 12. The summed E-state index contributed by atoms with van der Waals surface area (Å²) in [5.74, 6) is 4.64. The SMILES string of the molecule is C=CC(=O)SC(C)C1CSC(CSCSCC2SCC(C(C)SC(=O)C=C)S2)S1. The minimum Gasteiger partial charge on any atom is -0.282 e. The van der Waals surface area contributed by atoms with Gasteiger partial charge in [-0.3, -0.25) is 9.59 Å². The molecule has 0 aromatic rings. The Kier molecular flexibility index (Phi) is 13.6. The first-order valence-electron chi connectivity index (χ1n) is 9.28. The molecule has 6 unspecified atom stereocenters. The van der Waals surface area contributed by atoms with Gasteiger partial charge in [0.05, 0.1) is 9.16 Å². The summed E-state index contributed by atoms with van der Waals surface area (Å²) in [6, 6.07) is 0. The van der Waals surface area contributed by atoms with Gasteiger partial charge in [0.25, 0.3) is 0 Å². The molecular weight excluding hydrogens is 517 g/mol. The van der Waals surface area contributed by atoms with Crippen LogP contribution in [-0.2, 0) is 9.59 Å². The predicted octanol–water partition coefficient (Wildman–Crippen LogP) is 6.43. The van der Waals surface area contributed by atoms with Gasteiger partial charge >= 0.3 is 0 Å². The summed E-state index contributed by atoms with van der Waals surface area (Å²) in [4.78, 5) is 23.1. The van der Waals surface area contributed by atoms with Crippen LogP contribution < -0.4 is 0 Å². The van der Waals surface area contributed by atoms with Crippen LogP contribution in [0, 0.1) is 0 Å². The van der Waals surface area contributed by atoms with Crippen molar-refractivity contribution in [2.24, 2.45) is 0 Å². The van der Waals surface area contributed by atoms with E-state index >= 15 is 0 Å². The van der Waals surface area contributed by atoms with Crippen molar-refractivity contribution in [3.05, 3.63) is 25.3 Å². The highest BCUT2D eigenvalue weighted by Crippen LogP contribution is 2.45. The van der Waals surface area contributed by atoms with Gasteiger partial charge in [0.15, 0.2) is 0 Å². The van der Waals surface area contributed by atoms with Gasteiger partial charge in [-0.05, 0) is 12.2 Å². The minimum atomic E-state index is 0.0857. The average molecular weight is 545 g/mol. The van der Waals surface area contributed by atoms with Crippen LogP contribution in [0.5, 0.6) is 0 Å². The molecule has 0 saturated carbocycles. The quantitative estimate of drug-likeness (QED) is 0.156. The third-order valence-electron chi connectivity index (χ3n) is 4.21. The lowest BCUT2D eigenvalue weighted by Gasteiger charge is -2.16. The Morgan fingerprint density at radius 2 is 1.31 bits per heavy atom. The molecule has 2 saturated heterocycles. The summed E-state index contributed by atoms with van der Waals surface area (Å²) in [5, 5.41) is 3.14. The van der Waals surface area contributed by atoms with Crippen LogP contribution in [-0.4, -0.2) is 68.5 Å². The van der Waals surface area contributed by atoms with Gasteiger partial charge in [0, 0.05) is 49.1 Å². The van der Waals surface area contributed by atoms with E-state index in [4.69, 9.17) is 0 Å². The van der Waals surface area contributed by atoms with Crippen molar-refractivity contribution in [3.8, 4) is 0 Å². The monoisotopic (exact) mass is 544 g/mol. The molecule has 2 aliphatic heterocycles. The Hall–Kier alpha value is 1.62. The van der Waals surface area contributed by atoms with Crippen LogP contribution in [0.2, 0.25) is 0 Å². The van der Waals surface area contributed by atoms with E-state index in [0.29, 0.717) is 30.2 Å². The number of hydrogen-bond acceptors (Lipinski definition) is 10. The topological polar surface area (TPSA) is 34.1 Å². The highest BCUT2D eigenvalue weighted by molar-refractivity contribution is 8.24. The third kappa shape index (κ3) is 9.96. The Morgan fingerprint density at radius 3 is 1.69 bits per heavy atom. The molecule has 0 N–H and O–H groups in total. The molecule has 0 amide bonds. The maximum atomic E-state index is 11.5. The maximum absolute atomic E-state index is 11.5. The van der Waals surface area contributed by atoms with Crippen LogP contribution in [0.3, 0.4) is 0 Å². The Labute approximate surface area is 209 Å². The van der Waals surface area contributed by atoms with Crippen molar-refractivity contribution in [2.45, 2.75) is 44.0 Å². The second-order valence-corrected chi connectivity index (χ2v) is 17.6. The van der Waals surface area contributed by atoms with Crippen LogP contribution in [0.4, 0.5) is 0 Å². The van der Waals surface area contributed by atoms with Crippen LogP contribution in [0.15, 0.2) is 25.3 Å². The predicted molar refractivity (Wildman–Crippen MR) is 150 cm³/mol. The van der Waals surface area contributed by atoms with Crippen molar-refractivity contribution in [3.63, 3.8) is 0 Å². The Bertz CT molecular complexity index is 524. The molecule has 0 aromatic heterocycles. The first-order valence-corrected chi connectivity index (χ1v) is 17.3. The van der Waals surface area contributed by atoms with Gasteiger partial charge < -0.3 is 0 Å². The van der Waals surface area contributed by atoms with Gasteiger partial charge in [0.2, 0.25) is 10.2 Å². The molecular formula is C19H28O2S8. The number of carbonyl (C=O) groups is 2. The van der Waals surface area contributed by atoms with Gasteiger partial charge in [-0.1, -0.05) is 50.5 Å². The van der Waals surface area contributed by atoms with Crippen molar-refractivity contribution in [1.82, 2.24) is 0 Å². The first kappa shape index (κ1) is 26.9. The van der Waals surface area contributed by atoms with Crippen LogP contribution in [0.1, 0.15) is 13.8 Å². The highest BCUT2D eigenvalue weighted by Gasteiger charge is 2.32. The molecule has 0 aliphatic carbocycles. The highest BCUT2D eigenvalue weighted by atomic mass is 32.2. The lowest BCUT2D eigenvalue weighted by Crippen LogP contribution is -2.18. The smallest absolute Gasteiger partial charge is 0.211 e. The van der Waals surface area contributed by atoms with Crippen molar-refractivity contribution >= 4 is 104 Å². The zero-order valence-electron chi connectivity index (χ0n) is 16.7. The lowest BCUT2D eigenvalue weighted by molar-refractivity contribution is -0.107. The van der Waals surface area contributed by atoms with Crippen LogP contribution in [0.25, 0.3) is 0 Å². The normalized spacial score (nSPS) is 28.8. The molecule has 0 bridgehead atoms. The second kappa shape index (κ2) is 14.7. The molecule has 2 fully saturated rings. The zero-order chi connectivity index (χ0) is 21.2. The van der Waals surface area contributed by atoms with Gasteiger partial charge in [-0.25, -0.2) is 0 Å². The molecule has 2 rings (SSSR count). The Balaban J connectivity index is 1.53. The summed E-state index contributed by atoms with van der Waals surface area (Å²) in [6.45, 7) is 11.4. The standard InChI is InChI=1S/C19H28O2S8/c1-5-16(20)26-12(3)14-7-24-18(28-14)9-22-11-23-10-19-25-8-15(29-19)13(4)27-17(21)6-2/h5-6,12-15,18-19H,1-2,7-11H2,3-4H3. The summed E-state index contributed by atoms with van der Waals surface area (Å²) >= 11 is 15.1. The molecule has 164 valence electrons. The molecule has 6 atom stereocenters. The third-order valence-corrected chi connectivity index (χ3v) is 16.9. The summed E-state index contributed by atoms with van der Waals surface area (Å²) in [6.07, 6.45) is 2.84. The van der Waals surface area contributed by atoms with Gasteiger partial charge in [0.1, 0.15) is 0 Å². The molecule has 2 aliphatic rings. The average Bonchev–Trinajstić information content (AvgIpc) is 3.37. The molecule has 0 radical (unpaired) electrons. The van der Waals surface area contributed by atoms with Crippen molar-refractivity contribution in [1.29, 1.82) is 0 Å². The molecule has 29 heavy (non-hydrogen) atoms. The van der Waals surface area contributed by atoms with E-state index in [9.17, 15) is 9.59 Å². The summed E-state index contributed by atoms with van der Waals surface area (Å²) in [5.41, 5.74) is 0. The minimum absolute atomic E-state index is 0.0857. The largest absolute Gasteiger partial charge is 0.282 e. The van der Waals surface area contributed by atoms with E-state index in [0.717, 1.165) is 16.6 Å². The molecule has 2 nitrogen and oxygen atoms in total. The van der Waals surface area contributed by atoms with Gasteiger partial charge in [-0.15, -0.1) is 70.6 Å². The Morgan fingerprint density at radius 1 is 0.897 bits per heavy atom. The fourth-order valence-corrected chi connectivity index (χ4v) is 14.8. The molecule has 10 heteroatoms. The van der Waals surface area contributed by atoms with E-state index in [1.54, 1.807) is 0 Å². The first-order chi connectivity index (χ1) is 13.9. The number of hydrogen-bond donors (Lipinski definition) is 0.